The summed E-state index contributed by atoms with van der Waals surface area (Å²) in [5, 5.41) is 3.67. The summed E-state index contributed by atoms with van der Waals surface area (Å²) in [5.74, 6) is 1.15. The number of aromatic nitrogens is 3. The Kier molecular flexibility index (Phi) is 9.13. The number of nitrogens with zero attached hydrogens (tertiary/aromatic N) is 4. The lowest BCUT2D eigenvalue weighted by Crippen LogP contribution is -2.37. The van der Waals surface area contributed by atoms with Gasteiger partial charge in [-0.15, -0.1) is 0 Å². The first-order valence-corrected chi connectivity index (χ1v) is 14.0. The van der Waals surface area contributed by atoms with Gasteiger partial charge in [-0.25, -0.2) is 9.37 Å². The zero-order valence-electron chi connectivity index (χ0n) is 23.8. The molecule has 1 fully saturated rings. The van der Waals surface area contributed by atoms with Gasteiger partial charge < -0.3 is 5.32 Å². The summed E-state index contributed by atoms with van der Waals surface area (Å²) in [4.78, 5) is 13.0. The van der Waals surface area contributed by atoms with Crippen LogP contribution in [0.3, 0.4) is 0 Å². The number of amidine groups is 1. The lowest BCUT2D eigenvalue weighted by molar-refractivity contribution is 0.413. The monoisotopic (exact) mass is 515 g/mol. The van der Waals surface area contributed by atoms with Crippen molar-refractivity contribution in [1.82, 2.24) is 19.7 Å². The van der Waals surface area contributed by atoms with E-state index in [1.54, 1.807) is 12.4 Å². The summed E-state index contributed by atoms with van der Waals surface area (Å²) in [6, 6.07) is 7.29. The molecular weight excluding hydrogens is 473 g/mol. The van der Waals surface area contributed by atoms with Crippen molar-refractivity contribution in [2.75, 3.05) is 7.05 Å². The zero-order valence-corrected chi connectivity index (χ0v) is 23.8. The molecule has 0 radical (unpaired) electrons. The number of halogens is 1. The Morgan fingerprint density at radius 2 is 1.89 bits per heavy atom. The van der Waals surface area contributed by atoms with Crippen LogP contribution in [0.4, 0.5) is 4.39 Å². The van der Waals surface area contributed by atoms with Gasteiger partial charge in [0, 0.05) is 42.5 Å². The predicted octanol–water partition coefficient (Wildman–Crippen LogP) is 7.42. The number of benzene rings is 1. The molecule has 0 bridgehead atoms. The third kappa shape index (κ3) is 6.06. The normalized spacial score (nSPS) is 20.4. The second kappa shape index (κ2) is 12.5. The van der Waals surface area contributed by atoms with Crippen LogP contribution in [0.2, 0.25) is 0 Å². The van der Waals surface area contributed by atoms with Crippen molar-refractivity contribution in [2.45, 2.75) is 79.2 Å². The third-order valence-electron chi connectivity index (χ3n) is 7.96. The van der Waals surface area contributed by atoms with Gasteiger partial charge in [0.1, 0.15) is 11.7 Å². The third-order valence-corrected chi connectivity index (χ3v) is 7.96. The smallest absolute Gasteiger partial charge is 0.158 e. The highest BCUT2D eigenvalue weighted by Gasteiger charge is 2.24. The minimum atomic E-state index is -0.0894. The van der Waals surface area contributed by atoms with E-state index in [0.29, 0.717) is 11.6 Å². The molecule has 6 heteroatoms. The fourth-order valence-electron chi connectivity index (χ4n) is 5.38. The highest BCUT2D eigenvalue weighted by molar-refractivity contribution is 6.00. The lowest BCUT2D eigenvalue weighted by atomic mass is 9.86. The molecule has 2 aromatic heterocycles. The Bertz CT molecular complexity index is 1340. The van der Waals surface area contributed by atoms with Gasteiger partial charge in [0.05, 0.1) is 17.6 Å². The first-order chi connectivity index (χ1) is 18.3. The van der Waals surface area contributed by atoms with Crippen molar-refractivity contribution in [2.24, 2.45) is 16.8 Å². The van der Waals surface area contributed by atoms with E-state index in [4.69, 9.17) is 0 Å². The van der Waals surface area contributed by atoms with Crippen LogP contribution in [0.1, 0.15) is 81.0 Å². The first kappa shape index (κ1) is 27.7. The standard InChI is InChI=1S/C17H26N2.C15H16FN3/c1-4-14-12-13(2)10-11-16(14)17(18-3)19-15-8-6-5-7-9-15;1-9-4-5-12(14(16)10(9)2)13-8-18-15-11(3)17-6-7-19(13)15/h10-12,15H,4-9H2,1-3H3,(H,18,19);4-10H,1-3H3. The van der Waals surface area contributed by atoms with E-state index >= 15 is 0 Å². The molecule has 1 aromatic carbocycles. The molecule has 0 aliphatic heterocycles. The Hall–Kier alpha value is -3.28. The molecule has 1 saturated carbocycles. The minimum absolute atomic E-state index is 0.0636. The summed E-state index contributed by atoms with van der Waals surface area (Å²) in [5.41, 5.74) is 7.03. The molecule has 0 amide bonds. The zero-order chi connectivity index (χ0) is 27.2. The average Bonchev–Trinajstić information content (AvgIpc) is 3.37. The molecular formula is C32H42FN5. The minimum Gasteiger partial charge on any atom is -0.367 e. The molecule has 5 rings (SSSR count). The van der Waals surface area contributed by atoms with Crippen LogP contribution >= 0.6 is 0 Å². The summed E-state index contributed by atoms with van der Waals surface area (Å²) in [6.45, 7) is 10.2. The van der Waals surface area contributed by atoms with Gasteiger partial charge in [-0.1, -0.05) is 75.9 Å². The van der Waals surface area contributed by atoms with Crippen LogP contribution in [0.15, 0.2) is 59.8 Å². The number of imidazole rings is 1. The Morgan fingerprint density at radius 1 is 1.13 bits per heavy atom. The maximum absolute atomic E-state index is 14.5. The molecule has 0 spiro atoms. The summed E-state index contributed by atoms with van der Waals surface area (Å²) in [7, 11) is 1.89. The van der Waals surface area contributed by atoms with Gasteiger partial charge in [0.25, 0.3) is 0 Å². The molecule has 2 atom stereocenters. The van der Waals surface area contributed by atoms with Crippen LogP contribution in [-0.2, 0) is 6.42 Å². The fraction of sp³-hybridized carbons (Fsp3) is 0.469. The van der Waals surface area contributed by atoms with E-state index in [1.165, 1.54) is 48.8 Å². The van der Waals surface area contributed by atoms with Gasteiger partial charge in [-0.3, -0.25) is 14.4 Å². The second-order valence-electron chi connectivity index (χ2n) is 10.7. The molecule has 202 valence electrons. The average molecular weight is 516 g/mol. The molecule has 38 heavy (non-hydrogen) atoms. The highest BCUT2D eigenvalue weighted by atomic mass is 19.1. The Morgan fingerprint density at radius 3 is 2.61 bits per heavy atom. The number of allylic oxidation sites excluding steroid dienone is 4. The number of hydrogen-bond donors (Lipinski definition) is 1. The molecule has 2 aliphatic rings. The van der Waals surface area contributed by atoms with E-state index in [1.807, 2.05) is 44.5 Å². The van der Waals surface area contributed by atoms with Crippen LogP contribution in [0.5, 0.6) is 0 Å². The van der Waals surface area contributed by atoms with Crippen molar-refractivity contribution in [3.05, 3.63) is 82.8 Å². The van der Waals surface area contributed by atoms with E-state index in [0.717, 1.165) is 29.3 Å². The SMILES string of the molecule is CCc1cc(C)ccc1C(=NC)NC1CCCCC1.Cc1nccn2c(C3=C(F)C(C)C(C)C=C3)cnc12. The van der Waals surface area contributed by atoms with Crippen LogP contribution in [0.25, 0.3) is 11.2 Å². The fourth-order valence-corrected chi connectivity index (χ4v) is 5.38. The van der Waals surface area contributed by atoms with Crippen LogP contribution in [-0.4, -0.2) is 33.3 Å². The van der Waals surface area contributed by atoms with E-state index in [9.17, 15) is 4.39 Å². The van der Waals surface area contributed by atoms with Gasteiger partial charge in [0.2, 0.25) is 0 Å². The molecule has 5 nitrogen and oxygen atoms in total. The summed E-state index contributed by atoms with van der Waals surface area (Å²) < 4.78 is 16.3. The number of nitrogens with one attached hydrogen (secondary N) is 1. The van der Waals surface area contributed by atoms with E-state index in [2.05, 4.69) is 58.4 Å². The number of hydrogen-bond acceptors (Lipinski definition) is 3. The lowest BCUT2D eigenvalue weighted by Gasteiger charge is -2.25. The summed E-state index contributed by atoms with van der Waals surface area (Å²) >= 11 is 0. The molecule has 1 N–H and O–H groups in total. The number of aryl methyl sites for hydroxylation is 3. The topological polar surface area (TPSA) is 54.6 Å². The van der Waals surface area contributed by atoms with Crippen molar-refractivity contribution in [3.63, 3.8) is 0 Å². The second-order valence-corrected chi connectivity index (χ2v) is 10.7. The molecule has 0 saturated heterocycles. The van der Waals surface area contributed by atoms with Crippen molar-refractivity contribution in [3.8, 4) is 0 Å². The van der Waals surface area contributed by atoms with Gasteiger partial charge in [-0.2, -0.15) is 0 Å². The largest absolute Gasteiger partial charge is 0.367 e. The predicted molar refractivity (Wildman–Crippen MR) is 156 cm³/mol. The maximum atomic E-state index is 14.5. The van der Waals surface area contributed by atoms with Crippen molar-refractivity contribution in [1.29, 1.82) is 0 Å². The van der Waals surface area contributed by atoms with Gasteiger partial charge >= 0.3 is 0 Å². The van der Waals surface area contributed by atoms with Gasteiger partial charge in [0.15, 0.2) is 5.65 Å². The van der Waals surface area contributed by atoms with Crippen molar-refractivity contribution < 1.29 is 4.39 Å². The van der Waals surface area contributed by atoms with Crippen molar-refractivity contribution >= 4 is 17.1 Å². The maximum Gasteiger partial charge on any atom is 0.158 e. The first-order valence-electron chi connectivity index (χ1n) is 14.0. The van der Waals surface area contributed by atoms with E-state index < -0.39 is 0 Å². The molecule has 2 heterocycles. The molecule has 3 aromatic rings. The van der Waals surface area contributed by atoms with E-state index in [-0.39, 0.29) is 17.7 Å². The number of fused-ring (bicyclic) bond motifs is 1. The molecule has 2 unspecified atom stereocenters. The summed E-state index contributed by atoms with van der Waals surface area (Å²) in [6.07, 6.45) is 16.9. The van der Waals surface area contributed by atoms with Crippen LogP contribution in [0, 0.1) is 25.7 Å². The Labute approximate surface area is 227 Å². The molecule has 2 aliphatic carbocycles. The van der Waals surface area contributed by atoms with Crippen LogP contribution < -0.4 is 5.32 Å². The number of rotatable bonds is 4. The quantitative estimate of drug-likeness (QED) is 0.291. The Balaban J connectivity index is 0.000000177. The highest BCUT2D eigenvalue weighted by Crippen LogP contribution is 2.35. The van der Waals surface area contributed by atoms with Gasteiger partial charge in [-0.05, 0) is 44.6 Å². The number of aliphatic imine (C=N–C) groups is 1.